The molecule has 2 rings (SSSR count). The van der Waals surface area contributed by atoms with Gasteiger partial charge in [-0.25, -0.2) is 4.79 Å². The lowest BCUT2D eigenvalue weighted by Gasteiger charge is -2.30. The molecule has 7 nitrogen and oxygen atoms in total. The first kappa shape index (κ1) is 23.2. The zero-order chi connectivity index (χ0) is 22.3. The monoisotopic (exact) mass is 414 g/mol. The molecule has 1 atom stereocenters. The molecule has 2 amide bonds. The molecule has 7 heteroatoms. The lowest BCUT2D eigenvalue weighted by molar-refractivity contribution is 0.0913. The summed E-state index contributed by atoms with van der Waals surface area (Å²) in [7, 11) is 3.00. The maximum absolute atomic E-state index is 12.1. The highest BCUT2D eigenvalue weighted by Gasteiger charge is 2.26. The van der Waals surface area contributed by atoms with Crippen LogP contribution < -0.4 is 15.2 Å². The molecule has 0 heterocycles. The Morgan fingerprint density at radius 3 is 2.33 bits per heavy atom. The number of primary amides is 1. The number of Topliss-reactive ketones (excluding diaryl/α,β-unsaturated/α-hetero) is 1. The largest absolute Gasteiger partial charge is 0.496 e. The Bertz CT molecular complexity index is 883. The van der Waals surface area contributed by atoms with Crippen molar-refractivity contribution in [3.63, 3.8) is 0 Å². The summed E-state index contributed by atoms with van der Waals surface area (Å²) >= 11 is 0. The Balaban J connectivity index is 2.22. The van der Waals surface area contributed by atoms with Crippen molar-refractivity contribution in [1.82, 2.24) is 4.90 Å². The van der Waals surface area contributed by atoms with Gasteiger partial charge in [-0.05, 0) is 43.5 Å². The van der Waals surface area contributed by atoms with E-state index >= 15 is 0 Å². The molecule has 0 aliphatic carbocycles. The normalized spacial score (nSPS) is 11.6. The third-order valence-corrected chi connectivity index (χ3v) is 5.10. The van der Waals surface area contributed by atoms with Gasteiger partial charge in [-0.3, -0.25) is 4.79 Å². The van der Waals surface area contributed by atoms with Crippen LogP contribution >= 0.6 is 0 Å². The fourth-order valence-electron chi connectivity index (χ4n) is 3.53. The number of methoxy groups -OCH3 is 2. The van der Waals surface area contributed by atoms with E-state index in [1.165, 1.54) is 26.0 Å². The minimum absolute atomic E-state index is 0.160. The zero-order valence-electron chi connectivity index (χ0n) is 18.2. The summed E-state index contributed by atoms with van der Waals surface area (Å²) in [5.74, 6) is 0.678. The number of nitrogens with two attached hydrogens (primary N) is 1. The minimum atomic E-state index is -0.557. The molecule has 2 aromatic carbocycles. The Labute approximate surface area is 177 Å². The lowest BCUT2D eigenvalue weighted by Crippen LogP contribution is -2.40. The molecule has 30 heavy (non-hydrogen) atoms. The average Bonchev–Trinajstić information content (AvgIpc) is 2.73. The minimum Gasteiger partial charge on any atom is -0.496 e. The van der Waals surface area contributed by atoms with Crippen LogP contribution in [0.4, 0.5) is 4.79 Å². The van der Waals surface area contributed by atoms with Crippen molar-refractivity contribution in [2.24, 2.45) is 5.73 Å². The van der Waals surface area contributed by atoms with Gasteiger partial charge >= 0.3 is 6.03 Å². The van der Waals surface area contributed by atoms with Crippen molar-refractivity contribution >= 4 is 11.8 Å². The summed E-state index contributed by atoms with van der Waals surface area (Å²) in [6, 6.07) is 10.6. The van der Waals surface area contributed by atoms with E-state index in [-0.39, 0.29) is 11.8 Å². The van der Waals surface area contributed by atoms with Crippen molar-refractivity contribution in [1.29, 1.82) is 0 Å². The van der Waals surface area contributed by atoms with Gasteiger partial charge in [0, 0.05) is 6.54 Å². The molecule has 0 spiro atoms. The van der Waals surface area contributed by atoms with E-state index in [4.69, 9.17) is 19.9 Å². The number of carbonyl (C=O) groups is 2. The van der Waals surface area contributed by atoms with E-state index < -0.39 is 6.03 Å². The number of carbonyl (C=O) groups excluding carboxylic acids is 2. The maximum atomic E-state index is 12.1. The second-order valence-corrected chi connectivity index (χ2v) is 7.00. The lowest BCUT2D eigenvalue weighted by atomic mass is 9.95. The SMILES string of the molecule is COc1cc(C(C)N(CCOCc2ccccc2)C(N)=O)c(C)c(OC)c1C(C)=O. The fourth-order valence-corrected chi connectivity index (χ4v) is 3.53. The van der Waals surface area contributed by atoms with Crippen LogP contribution in [-0.2, 0) is 11.3 Å². The molecule has 162 valence electrons. The predicted octanol–water partition coefficient (Wildman–Crippen LogP) is 3.87. The zero-order valence-corrected chi connectivity index (χ0v) is 18.2. The van der Waals surface area contributed by atoms with Crippen LogP contribution in [0.3, 0.4) is 0 Å². The van der Waals surface area contributed by atoms with Crippen LogP contribution in [-0.4, -0.2) is 44.1 Å². The first-order valence-electron chi connectivity index (χ1n) is 9.75. The van der Waals surface area contributed by atoms with Gasteiger partial charge in [0.05, 0.1) is 33.5 Å². The van der Waals surface area contributed by atoms with Gasteiger partial charge in [0.25, 0.3) is 0 Å². The molecule has 2 N–H and O–H groups in total. The van der Waals surface area contributed by atoms with Crippen LogP contribution in [0.1, 0.15) is 46.9 Å². The van der Waals surface area contributed by atoms with Gasteiger partial charge in [0.15, 0.2) is 5.78 Å². The van der Waals surface area contributed by atoms with Crippen molar-refractivity contribution in [3.05, 3.63) is 58.7 Å². The fraction of sp³-hybridized carbons (Fsp3) is 0.391. The summed E-state index contributed by atoms with van der Waals surface area (Å²) in [6.07, 6.45) is 0. The molecule has 0 aromatic heterocycles. The number of hydrogen-bond acceptors (Lipinski definition) is 5. The summed E-state index contributed by atoms with van der Waals surface area (Å²) in [5.41, 5.74) is 8.63. The molecule has 0 bridgehead atoms. The molecular formula is C23H30N2O5. The van der Waals surface area contributed by atoms with E-state index in [2.05, 4.69) is 0 Å². The topological polar surface area (TPSA) is 91.1 Å². The molecule has 0 fully saturated rings. The van der Waals surface area contributed by atoms with E-state index in [1.54, 1.807) is 6.07 Å². The molecule has 2 aromatic rings. The summed E-state index contributed by atoms with van der Waals surface area (Å²) in [4.78, 5) is 25.8. The third-order valence-electron chi connectivity index (χ3n) is 5.10. The number of ether oxygens (including phenoxy) is 3. The van der Waals surface area contributed by atoms with Gasteiger partial charge in [-0.2, -0.15) is 0 Å². The average molecular weight is 415 g/mol. The van der Waals surface area contributed by atoms with E-state index in [9.17, 15) is 9.59 Å². The highest BCUT2D eigenvalue weighted by Crippen LogP contribution is 2.38. The second kappa shape index (κ2) is 10.6. The first-order chi connectivity index (χ1) is 14.3. The number of ketones is 1. The van der Waals surface area contributed by atoms with Crippen LogP contribution in [0, 0.1) is 6.92 Å². The van der Waals surface area contributed by atoms with Gasteiger partial charge < -0.3 is 24.8 Å². The standard InChI is InChI=1S/C23H30N2O5/c1-15-19(13-20(28-4)21(17(3)26)22(15)29-5)16(2)25(23(24)27)11-12-30-14-18-9-7-6-8-10-18/h6-10,13,16H,11-12,14H2,1-5H3,(H2,24,27). The number of nitrogens with zero attached hydrogens (tertiary/aromatic N) is 1. The molecule has 0 aliphatic heterocycles. The van der Waals surface area contributed by atoms with E-state index in [0.717, 1.165) is 16.7 Å². The number of urea groups is 1. The Morgan fingerprint density at radius 2 is 1.80 bits per heavy atom. The first-order valence-corrected chi connectivity index (χ1v) is 9.75. The van der Waals surface area contributed by atoms with Gasteiger partial charge in [0.2, 0.25) is 0 Å². The third kappa shape index (κ3) is 5.30. The van der Waals surface area contributed by atoms with Gasteiger partial charge in [-0.1, -0.05) is 30.3 Å². The Kier molecular flexibility index (Phi) is 8.24. The number of benzene rings is 2. The van der Waals surface area contributed by atoms with Crippen LogP contribution in [0.15, 0.2) is 36.4 Å². The van der Waals surface area contributed by atoms with E-state index in [1.807, 2.05) is 44.2 Å². The molecule has 0 saturated heterocycles. The van der Waals surface area contributed by atoms with Crippen LogP contribution in [0.25, 0.3) is 0 Å². The Hall–Kier alpha value is -3.06. The predicted molar refractivity (Wildman–Crippen MR) is 115 cm³/mol. The van der Waals surface area contributed by atoms with Crippen molar-refractivity contribution in [3.8, 4) is 11.5 Å². The summed E-state index contributed by atoms with van der Waals surface area (Å²) in [5, 5.41) is 0. The van der Waals surface area contributed by atoms with Gasteiger partial charge in [-0.15, -0.1) is 0 Å². The number of rotatable bonds is 10. The number of hydrogen-bond donors (Lipinski definition) is 1. The van der Waals surface area contributed by atoms with Crippen LogP contribution in [0.5, 0.6) is 11.5 Å². The van der Waals surface area contributed by atoms with Crippen LogP contribution in [0.2, 0.25) is 0 Å². The summed E-state index contributed by atoms with van der Waals surface area (Å²) < 4.78 is 16.6. The van der Waals surface area contributed by atoms with E-state index in [0.29, 0.717) is 36.8 Å². The molecule has 0 radical (unpaired) electrons. The highest BCUT2D eigenvalue weighted by atomic mass is 16.5. The smallest absolute Gasteiger partial charge is 0.315 e. The second-order valence-electron chi connectivity index (χ2n) is 7.00. The quantitative estimate of drug-likeness (QED) is 0.471. The highest BCUT2D eigenvalue weighted by molar-refractivity contribution is 6.00. The molecular weight excluding hydrogens is 384 g/mol. The maximum Gasteiger partial charge on any atom is 0.315 e. The van der Waals surface area contributed by atoms with Gasteiger partial charge in [0.1, 0.15) is 17.1 Å². The molecule has 1 unspecified atom stereocenters. The molecule has 0 saturated carbocycles. The Morgan fingerprint density at radius 1 is 1.13 bits per heavy atom. The number of amides is 2. The van der Waals surface area contributed by atoms with Crippen molar-refractivity contribution in [2.75, 3.05) is 27.4 Å². The summed E-state index contributed by atoms with van der Waals surface area (Å²) in [6.45, 7) is 6.29. The van der Waals surface area contributed by atoms with Crippen molar-refractivity contribution < 1.29 is 23.8 Å². The van der Waals surface area contributed by atoms with Crippen molar-refractivity contribution in [2.45, 2.75) is 33.4 Å². The molecule has 0 aliphatic rings.